The van der Waals surface area contributed by atoms with E-state index in [-0.39, 0.29) is 24.0 Å². The molecule has 1 aliphatic rings. The summed E-state index contributed by atoms with van der Waals surface area (Å²) in [4.78, 5) is 31.1. The van der Waals surface area contributed by atoms with Gasteiger partial charge in [-0.3, -0.25) is 19.8 Å². The topological polar surface area (TPSA) is 87.5 Å². The standard InChI is InChI=1S/C21H22N4O3S/c26-19(22-16-6-3-5-15(11-16)13-25-8-1-2-9-25)12-17-14-29-21(23-17)24-20(27)18-7-4-10-28-18/h3-7,10-11,14H,1-2,8-9,12-13H2,(H,22,26)(H,23,24,27). The fourth-order valence-corrected chi connectivity index (χ4v) is 4.03. The van der Waals surface area contributed by atoms with Crippen molar-refractivity contribution >= 4 is 34.0 Å². The Morgan fingerprint density at radius 2 is 2.00 bits per heavy atom. The normalized spacial score (nSPS) is 14.1. The number of hydrogen-bond acceptors (Lipinski definition) is 6. The molecule has 4 rings (SSSR count). The van der Waals surface area contributed by atoms with Crippen LogP contribution in [0.3, 0.4) is 0 Å². The van der Waals surface area contributed by atoms with Gasteiger partial charge in [0.2, 0.25) is 5.91 Å². The molecule has 2 N–H and O–H groups in total. The molecule has 0 saturated carbocycles. The maximum atomic E-state index is 12.4. The Hall–Kier alpha value is -2.97. The Kier molecular flexibility index (Phi) is 6.02. The van der Waals surface area contributed by atoms with Gasteiger partial charge in [-0.05, 0) is 55.8 Å². The van der Waals surface area contributed by atoms with Gasteiger partial charge in [-0.1, -0.05) is 12.1 Å². The molecular formula is C21H22N4O3S. The van der Waals surface area contributed by atoms with Crippen molar-refractivity contribution in [1.82, 2.24) is 9.88 Å². The van der Waals surface area contributed by atoms with Crippen LogP contribution in [0, 0.1) is 0 Å². The van der Waals surface area contributed by atoms with Gasteiger partial charge in [-0.15, -0.1) is 11.3 Å². The number of thiazole rings is 1. The quantitative estimate of drug-likeness (QED) is 0.619. The highest BCUT2D eigenvalue weighted by Gasteiger charge is 2.14. The Labute approximate surface area is 172 Å². The number of likely N-dealkylation sites (tertiary alicyclic amines) is 1. The van der Waals surface area contributed by atoms with Gasteiger partial charge in [0, 0.05) is 17.6 Å². The van der Waals surface area contributed by atoms with Crippen LogP contribution in [-0.4, -0.2) is 34.8 Å². The molecule has 150 valence electrons. The number of rotatable bonds is 7. The number of nitrogens with one attached hydrogen (secondary N) is 2. The van der Waals surface area contributed by atoms with Crippen molar-refractivity contribution in [2.75, 3.05) is 23.7 Å². The average Bonchev–Trinajstić information content (AvgIpc) is 3.45. The monoisotopic (exact) mass is 410 g/mol. The molecule has 0 spiro atoms. The number of benzene rings is 1. The smallest absolute Gasteiger partial charge is 0.293 e. The zero-order valence-corrected chi connectivity index (χ0v) is 16.7. The molecule has 2 aromatic heterocycles. The van der Waals surface area contributed by atoms with Gasteiger partial charge in [0.1, 0.15) is 0 Å². The predicted molar refractivity (Wildman–Crippen MR) is 112 cm³/mol. The second-order valence-corrected chi connectivity index (χ2v) is 7.84. The van der Waals surface area contributed by atoms with E-state index in [1.807, 2.05) is 18.2 Å². The zero-order chi connectivity index (χ0) is 20.1. The Bertz CT molecular complexity index is 977. The van der Waals surface area contributed by atoms with Crippen molar-refractivity contribution in [2.45, 2.75) is 25.8 Å². The van der Waals surface area contributed by atoms with Crippen molar-refractivity contribution in [2.24, 2.45) is 0 Å². The molecule has 1 aromatic carbocycles. The van der Waals surface area contributed by atoms with Crippen LogP contribution in [0.2, 0.25) is 0 Å². The molecule has 0 aliphatic carbocycles. The van der Waals surface area contributed by atoms with Crippen LogP contribution < -0.4 is 10.6 Å². The lowest BCUT2D eigenvalue weighted by Crippen LogP contribution is -2.19. The van der Waals surface area contributed by atoms with Gasteiger partial charge in [-0.2, -0.15) is 0 Å². The number of amides is 2. The van der Waals surface area contributed by atoms with Crippen LogP contribution in [0.1, 0.15) is 34.7 Å². The molecule has 3 heterocycles. The number of carbonyl (C=O) groups excluding carboxylic acids is 2. The van der Waals surface area contributed by atoms with E-state index in [0.29, 0.717) is 10.8 Å². The number of hydrogen-bond donors (Lipinski definition) is 2. The molecule has 8 heteroatoms. The second-order valence-electron chi connectivity index (χ2n) is 6.98. The molecule has 29 heavy (non-hydrogen) atoms. The summed E-state index contributed by atoms with van der Waals surface area (Å²) in [6.45, 7) is 3.19. The third-order valence-corrected chi connectivity index (χ3v) is 5.48. The molecule has 3 aromatic rings. The summed E-state index contributed by atoms with van der Waals surface area (Å²) in [7, 11) is 0. The van der Waals surface area contributed by atoms with Crippen molar-refractivity contribution in [3.8, 4) is 0 Å². The first-order valence-electron chi connectivity index (χ1n) is 9.56. The van der Waals surface area contributed by atoms with E-state index in [2.05, 4.69) is 26.6 Å². The molecule has 7 nitrogen and oxygen atoms in total. The summed E-state index contributed by atoms with van der Waals surface area (Å²) in [5.74, 6) is -0.291. The van der Waals surface area contributed by atoms with E-state index < -0.39 is 0 Å². The fourth-order valence-electron chi connectivity index (χ4n) is 3.33. The Balaban J connectivity index is 1.30. The first-order chi connectivity index (χ1) is 14.2. The maximum Gasteiger partial charge on any atom is 0.293 e. The Morgan fingerprint density at radius 3 is 2.79 bits per heavy atom. The summed E-state index contributed by atoms with van der Waals surface area (Å²) in [5, 5.41) is 7.80. The van der Waals surface area contributed by atoms with Crippen molar-refractivity contribution in [3.05, 3.63) is 65.1 Å². The lowest BCUT2D eigenvalue weighted by atomic mass is 10.2. The lowest BCUT2D eigenvalue weighted by molar-refractivity contribution is -0.115. The number of anilines is 2. The summed E-state index contributed by atoms with van der Waals surface area (Å²) in [5.41, 5.74) is 2.59. The molecule has 0 radical (unpaired) electrons. The predicted octanol–water partition coefficient (Wildman–Crippen LogP) is 3.77. The molecule has 1 fully saturated rings. The third-order valence-electron chi connectivity index (χ3n) is 4.67. The summed E-state index contributed by atoms with van der Waals surface area (Å²) >= 11 is 1.27. The maximum absolute atomic E-state index is 12.4. The summed E-state index contributed by atoms with van der Waals surface area (Å²) in [6.07, 6.45) is 4.10. The summed E-state index contributed by atoms with van der Waals surface area (Å²) in [6, 6.07) is 11.2. The molecule has 1 aliphatic heterocycles. The van der Waals surface area contributed by atoms with E-state index in [1.54, 1.807) is 17.5 Å². The highest BCUT2D eigenvalue weighted by Crippen LogP contribution is 2.19. The van der Waals surface area contributed by atoms with Crippen molar-refractivity contribution in [1.29, 1.82) is 0 Å². The highest BCUT2D eigenvalue weighted by atomic mass is 32.1. The molecule has 0 unspecified atom stereocenters. The van der Waals surface area contributed by atoms with E-state index in [0.717, 1.165) is 25.3 Å². The highest BCUT2D eigenvalue weighted by molar-refractivity contribution is 7.14. The minimum Gasteiger partial charge on any atom is -0.459 e. The van der Waals surface area contributed by atoms with Gasteiger partial charge in [0.15, 0.2) is 10.9 Å². The first kappa shape index (κ1) is 19.4. The van der Waals surface area contributed by atoms with Crippen LogP contribution >= 0.6 is 11.3 Å². The van der Waals surface area contributed by atoms with Gasteiger partial charge in [-0.25, -0.2) is 4.98 Å². The summed E-state index contributed by atoms with van der Waals surface area (Å²) < 4.78 is 5.05. The van der Waals surface area contributed by atoms with Crippen LogP contribution in [0.15, 0.2) is 52.5 Å². The fraction of sp³-hybridized carbons (Fsp3) is 0.286. The van der Waals surface area contributed by atoms with Crippen LogP contribution in [-0.2, 0) is 17.8 Å². The van der Waals surface area contributed by atoms with Gasteiger partial charge < -0.3 is 9.73 Å². The zero-order valence-electron chi connectivity index (χ0n) is 15.9. The third kappa shape index (κ3) is 5.30. The first-order valence-corrected chi connectivity index (χ1v) is 10.4. The van der Waals surface area contributed by atoms with Crippen LogP contribution in [0.25, 0.3) is 0 Å². The SMILES string of the molecule is O=C(Cc1csc(NC(=O)c2ccco2)n1)Nc1cccc(CN2CCCC2)c1. The lowest BCUT2D eigenvalue weighted by Gasteiger charge is -2.15. The van der Waals surface area contributed by atoms with Gasteiger partial charge >= 0.3 is 0 Å². The largest absolute Gasteiger partial charge is 0.459 e. The number of furan rings is 1. The minimum atomic E-state index is -0.366. The molecule has 1 saturated heterocycles. The molecular weight excluding hydrogens is 388 g/mol. The van der Waals surface area contributed by atoms with E-state index in [4.69, 9.17) is 4.42 Å². The average molecular weight is 410 g/mol. The van der Waals surface area contributed by atoms with Crippen molar-refractivity contribution < 1.29 is 14.0 Å². The van der Waals surface area contributed by atoms with Crippen LogP contribution in [0.4, 0.5) is 10.8 Å². The van der Waals surface area contributed by atoms with E-state index >= 15 is 0 Å². The molecule has 0 atom stereocenters. The van der Waals surface area contributed by atoms with Crippen LogP contribution in [0.5, 0.6) is 0 Å². The Morgan fingerprint density at radius 1 is 1.14 bits per heavy atom. The molecule has 0 bridgehead atoms. The van der Waals surface area contributed by atoms with Crippen molar-refractivity contribution in [3.63, 3.8) is 0 Å². The second kappa shape index (κ2) is 9.02. The minimum absolute atomic E-state index is 0.141. The van der Waals surface area contributed by atoms with Gasteiger partial charge in [0.05, 0.1) is 18.4 Å². The van der Waals surface area contributed by atoms with E-state index in [1.165, 1.54) is 36.0 Å². The molecule has 2 amide bonds. The van der Waals surface area contributed by atoms with Gasteiger partial charge in [0.25, 0.3) is 5.91 Å². The van der Waals surface area contributed by atoms with E-state index in [9.17, 15) is 9.59 Å². The number of nitrogens with zero attached hydrogens (tertiary/aromatic N) is 2. The number of aromatic nitrogens is 1. The number of carbonyl (C=O) groups is 2.